The number of hydrogen-bond acceptors (Lipinski definition) is 6. The lowest BCUT2D eigenvalue weighted by Crippen LogP contribution is -2.27. The molecule has 0 radical (unpaired) electrons. The van der Waals surface area contributed by atoms with E-state index in [0.717, 1.165) is 19.1 Å². The van der Waals surface area contributed by atoms with Gasteiger partial charge in [0.1, 0.15) is 6.29 Å². The van der Waals surface area contributed by atoms with Crippen molar-refractivity contribution < 1.29 is 29.0 Å². The van der Waals surface area contributed by atoms with E-state index in [-0.39, 0.29) is 17.8 Å². The van der Waals surface area contributed by atoms with Gasteiger partial charge in [0, 0.05) is 12.8 Å². The number of esters is 2. The number of carbonyl (C=O) groups is 3. The highest BCUT2D eigenvalue weighted by atomic mass is 16.6. The van der Waals surface area contributed by atoms with Gasteiger partial charge in [-0.3, -0.25) is 4.79 Å². The molecule has 0 heterocycles. The highest BCUT2D eigenvalue weighted by molar-refractivity contribution is 5.78. The summed E-state index contributed by atoms with van der Waals surface area (Å²) in [5, 5.41) is 10.4. The molecular formula is C24H38O6. The van der Waals surface area contributed by atoms with E-state index in [1.54, 1.807) is 0 Å². The normalized spacial score (nSPS) is 24.9. The summed E-state index contributed by atoms with van der Waals surface area (Å²) in [5.74, 6) is -1.17. The molecule has 1 N–H and O–H groups in total. The molecule has 1 fully saturated rings. The van der Waals surface area contributed by atoms with Crippen LogP contribution in [0.15, 0.2) is 24.3 Å². The number of unbranched alkanes of at least 4 members (excludes halogenated alkanes) is 4. The average molecular weight is 423 g/mol. The molecule has 0 aliphatic heterocycles. The number of rotatable bonds is 14. The van der Waals surface area contributed by atoms with Gasteiger partial charge >= 0.3 is 11.9 Å². The molecular weight excluding hydrogens is 384 g/mol. The summed E-state index contributed by atoms with van der Waals surface area (Å²) in [6.07, 6.45) is 15.6. The molecule has 0 aromatic carbocycles. The second kappa shape index (κ2) is 14.9. The van der Waals surface area contributed by atoms with E-state index in [2.05, 4.69) is 23.8 Å². The fourth-order valence-corrected chi connectivity index (χ4v) is 4.05. The monoisotopic (exact) mass is 422 g/mol. The number of ether oxygens (including phenoxy) is 2. The molecule has 1 aliphatic carbocycles. The zero-order valence-corrected chi connectivity index (χ0v) is 18.6. The number of hydrogen-bond donors (Lipinski definition) is 1. The first-order valence-corrected chi connectivity index (χ1v) is 11.1. The van der Waals surface area contributed by atoms with Gasteiger partial charge in [0.15, 0.2) is 6.10 Å². The van der Waals surface area contributed by atoms with E-state index in [1.165, 1.54) is 33.3 Å². The minimum Gasteiger partial charge on any atom is -0.466 e. The third-order valence-corrected chi connectivity index (χ3v) is 5.70. The van der Waals surface area contributed by atoms with Gasteiger partial charge in [-0.15, -0.1) is 0 Å². The summed E-state index contributed by atoms with van der Waals surface area (Å²) in [6, 6.07) is 0. The minimum atomic E-state index is -0.906. The van der Waals surface area contributed by atoms with Gasteiger partial charge in [0.25, 0.3) is 0 Å². The predicted molar refractivity (Wildman–Crippen MR) is 116 cm³/mol. The van der Waals surface area contributed by atoms with Crippen molar-refractivity contribution in [3.63, 3.8) is 0 Å². The Hall–Kier alpha value is -1.95. The lowest BCUT2D eigenvalue weighted by atomic mass is 9.86. The summed E-state index contributed by atoms with van der Waals surface area (Å²) in [7, 11) is 1.26. The molecule has 170 valence electrons. The zero-order valence-electron chi connectivity index (χ0n) is 18.6. The van der Waals surface area contributed by atoms with Crippen LogP contribution in [0.4, 0.5) is 0 Å². The Bertz CT molecular complexity index is 582. The molecule has 6 nitrogen and oxygen atoms in total. The van der Waals surface area contributed by atoms with E-state index in [9.17, 15) is 19.5 Å². The van der Waals surface area contributed by atoms with Crippen LogP contribution >= 0.6 is 0 Å². The Morgan fingerprint density at radius 1 is 1.13 bits per heavy atom. The van der Waals surface area contributed by atoms with Crippen LogP contribution in [0.1, 0.15) is 71.6 Å². The van der Waals surface area contributed by atoms with E-state index >= 15 is 0 Å². The van der Waals surface area contributed by atoms with Crippen LogP contribution in [0.5, 0.6) is 0 Å². The molecule has 30 heavy (non-hydrogen) atoms. The van der Waals surface area contributed by atoms with Crippen molar-refractivity contribution in [1.29, 1.82) is 0 Å². The van der Waals surface area contributed by atoms with Gasteiger partial charge < -0.3 is 19.4 Å². The van der Waals surface area contributed by atoms with Crippen LogP contribution in [-0.4, -0.2) is 42.6 Å². The lowest BCUT2D eigenvalue weighted by molar-refractivity contribution is -0.165. The van der Waals surface area contributed by atoms with Crippen LogP contribution in [0.2, 0.25) is 0 Å². The van der Waals surface area contributed by atoms with Gasteiger partial charge in [0.2, 0.25) is 0 Å². The molecule has 0 aromatic rings. The summed E-state index contributed by atoms with van der Waals surface area (Å²) in [5.41, 5.74) is 0. The molecule has 1 unspecified atom stereocenters. The zero-order chi connectivity index (χ0) is 22.4. The first-order chi connectivity index (χ1) is 14.4. The van der Waals surface area contributed by atoms with Gasteiger partial charge in [0.05, 0.1) is 13.2 Å². The Morgan fingerprint density at radius 3 is 2.53 bits per heavy atom. The topological polar surface area (TPSA) is 89.9 Å². The van der Waals surface area contributed by atoms with Crippen LogP contribution < -0.4 is 0 Å². The molecule has 0 spiro atoms. The predicted octanol–water partition coefficient (Wildman–Crippen LogP) is 4.16. The highest BCUT2D eigenvalue weighted by Gasteiger charge is 2.40. The number of carbonyl (C=O) groups excluding carboxylic acids is 3. The maximum Gasteiger partial charge on any atom is 0.347 e. The number of aliphatic hydroxyl groups excluding tert-OH is 1. The van der Waals surface area contributed by atoms with E-state index < -0.39 is 24.1 Å². The standard InChI is InChI=1S/C24H38O6/c1-4-5-6-7-8-10-13-20-19(17-25)16-22(27)21(20)14-11-9-12-15-23(24(28)29-3)30-18(2)26/h9-11,13,17,19-23,27H,4-8,12,14-16H2,1-3H3/b11-9-,13-10+/t19-,20-,21+,22+,23?/m0/s1. The van der Waals surface area contributed by atoms with Crippen molar-refractivity contribution >= 4 is 18.2 Å². The fraction of sp³-hybridized carbons (Fsp3) is 0.708. The van der Waals surface area contributed by atoms with Crippen molar-refractivity contribution in [2.24, 2.45) is 17.8 Å². The van der Waals surface area contributed by atoms with Crippen molar-refractivity contribution in [3.8, 4) is 0 Å². The maximum absolute atomic E-state index is 11.7. The third-order valence-electron chi connectivity index (χ3n) is 5.70. The first kappa shape index (κ1) is 26.1. The highest BCUT2D eigenvalue weighted by Crippen LogP contribution is 2.39. The Labute approximate surface area is 180 Å². The van der Waals surface area contributed by atoms with Crippen LogP contribution in [-0.2, 0) is 23.9 Å². The molecule has 0 amide bonds. The summed E-state index contributed by atoms with van der Waals surface area (Å²) in [4.78, 5) is 34.2. The number of allylic oxidation sites excluding steroid dienone is 4. The fourth-order valence-electron chi connectivity index (χ4n) is 4.05. The number of aldehydes is 1. The molecule has 5 atom stereocenters. The molecule has 6 heteroatoms. The van der Waals surface area contributed by atoms with E-state index in [4.69, 9.17) is 4.74 Å². The third kappa shape index (κ3) is 9.24. The van der Waals surface area contributed by atoms with Crippen LogP contribution in [0.25, 0.3) is 0 Å². The molecule has 0 saturated heterocycles. The summed E-state index contributed by atoms with van der Waals surface area (Å²) >= 11 is 0. The van der Waals surface area contributed by atoms with E-state index in [0.29, 0.717) is 25.7 Å². The van der Waals surface area contributed by atoms with Gasteiger partial charge in [-0.05, 0) is 50.4 Å². The largest absolute Gasteiger partial charge is 0.466 e. The summed E-state index contributed by atoms with van der Waals surface area (Å²) in [6.45, 7) is 3.45. The lowest BCUT2D eigenvalue weighted by Gasteiger charge is -2.19. The molecule has 0 aromatic heterocycles. The van der Waals surface area contributed by atoms with Crippen LogP contribution in [0.3, 0.4) is 0 Å². The molecule has 1 rings (SSSR count). The van der Waals surface area contributed by atoms with Gasteiger partial charge in [-0.25, -0.2) is 4.79 Å². The molecule has 1 saturated carbocycles. The Morgan fingerprint density at radius 2 is 1.90 bits per heavy atom. The smallest absolute Gasteiger partial charge is 0.347 e. The van der Waals surface area contributed by atoms with Gasteiger partial charge in [-0.2, -0.15) is 0 Å². The van der Waals surface area contributed by atoms with Crippen LogP contribution in [0, 0.1) is 17.8 Å². The van der Waals surface area contributed by atoms with Crippen molar-refractivity contribution in [1.82, 2.24) is 0 Å². The summed E-state index contributed by atoms with van der Waals surface area (Å²) < 4.78 is 9.65. The van der Waals surface area contributed by atoms with Crippen molar-refractivity contribution in [2.75, 3.05) is 7.11 Å². The minimum absolute atomic E-state index is 0.00761. The number of aliphatic hydroxyl groups is 1. The van der Waals surface area contributed by atoms with Gasteiger partial charge in [-0.1, -0.05) is 50.5 Å². The quantitative estimate of drug-likeness (QED) is 0.196. The van der Waals surface area contributed by atoms with Crippen molar-refractivity contribution in [3.05, 3.63) is 24.3 Å². The van der Waals surface area contributed by atoms with E-state index in [1.807, 2.05) is 12.2 Å². The molecule has 1 aliphatic rings. The second-order valence-corrected chi connectivity index (χ2v) is 8.03. The second-order valence-electron chi connectivity index (χ2n) is 8.03. The Kier molecular flexibility index (Phi) is 13.0. The maximum atomic E-state index is 11.7. The first-order valence-electron chi connectivity index (χ1n) is 11.1. The average Bonchev–Trinajstić information content (AvgIpc) is 3.03. The number of methoxy groups -OCH3 is 1. The SMILES string of the molecule is CCCCCC/C=C/[C@@H]1[C@@H](C/C=C\CCC(OC(C)=O)C(=O)OC)[C@H](O)C[C@H]1C=O. The Balaban J connectivity index is 2.56. The molecule has 0 bridgehead atoms. The van der Waals surface area contributed by atoms with Crippen molar-refractivity contribution in [2.45, 2.75) is 83.8 Å².